The fourth-order valence-electron chi connectivity index (χ4n) is 1.84. The molecule has 6 heteroatoms. The van der Waals surface area contributed by atoms with Crippen LogP contribution in [0.3, 0.4) is 0 Å². The summed E-state index contributed by atoms with van der Waals surface area (Å²) >= 11 is 6.10. The van der Waals surface area contributed by atoms with Crippen LogP contribution in [0.4, 0.5) is 5.69 Å². The lowest BCUT2D eigenvalue weighted by atomic mass is 10.2. The Morgan fingerprint density at radius 1 is 1.40 bits per heavy atom. The van der Waals surface area contributed by atoms with Gasteiger partial charge in [0.1, 0.15) is 5.02 Å². The highest BCUT2D eigenvalue weighted by Gasteiger charge is 2.09. The Hall–Kier alpha value is -1.07. The lowest BCUT2D eigenvalue weighted by Crippen LogP contribution is -2.26. The van der Waals surface area contributed by atoms with Crippen molar-refractivity contribution in [1.82, 2.24) is 14.7 Å². The molecule has 5 nitrogen and oxygen atoms in total. The Morgan fingerprint density at radius 2 is 2.10 bits per heavy atom. The van der Waals surface area contributed by atoms with E-state index in [1.165, 1.54) is 4.68 Å². The van der Waals surface area contributed by atoms with Crippen molar-refractivity contribution in [3.63, 3.8) is 0 Å². The van der Waals surface area contributed by atoms with E-state index in [2.05, 4.69) is 29.4 Å². The molecule has 0 atom stereocenters. The summed E-state index contributed by atoms with van der Waals surface area (Å²) < 4.78 is 1.42. The minimum atomic E-state index is -0.223. The van der Waals surface area contributed by atoms with Gasteiger partial charge >= 0.3 is 0 Å². The number of hydrogen-bond donors (Lipinski definition) is 1. The molecule has 0 aliphatic carbocycles. The molecule has 20 heavy (non-hydrogen) atoms. The average Bonchev–Trinajstić information content (AvgIpc) is 2.36. The van der Waals surface area contributed by atoms with Gasteiger partial charge in [0.25, 0.3) is 5.56 Å². The van der Waals surface area contributed by atoms with Crippen molar-refractivity contribution in [2.45, 2.75) is 33.2 Å². The second-order valence-electron chi connectivity index (χ2n) is 5.69. The highest BCUT2D eigenvalue weighted by Crippen LogP contribution is 2.15. The van der Waals surface area contributed by atoms with Crippen LogP contribution in [-0.4, -0.2) is 41.9 Å². The summed E-state index contributed by atoms with van der Waals surface area (Å²) in [5, 5.41) is 7.57. The highest BCUT2D eigenvalue weighted by molar-refractivity contribution is 6.32. The van der Waals surface area contributed by atoms with Crippen LogP contribution < -0.4 is 10.9 Å². The molecule has 114 valence electrons. The van der Waals surface area contributed by atoms with Crippen molar-refractivity contribution in [2.75, 3.05) is 32.5 Å². The zero-order valence-electron chi connectivity index (χ0n) is 12.8. The number of nitrogens with zero attached hydrogens (tertiary/aromatic N) is 3. The van der Waals surface area contributed by atoms with E-state index in [1.807, 2.05) is 13.8 Å². The van der Waals surface area contributed by atoms with Crippen molar-refractivity contribution in [2.24, 2.45) is 5.92 Å². The molecule has 0 radical (unpaired) electrons. The molecule has 0 aliphatic heterocycles. The third kappa shape index (κ3) is 5.51. The van der Waals surface area contributed by atoms with Gasteiger partial charge in [-0.05, 0) is 39.4 Å². The molecule has 1 aromatic rings. The second kappa shape index (κ2) is 8.27. The maximum atomic E-state index is 12.0. The summed E-state index contributed by atoms with van der Waals surface area (Å²) in [4.78, 5) is 14.2. The Kier molecular flexibility index (Phi) is 7.02. The fourth-order valence-corrected chi connectivity index (χ4v) is 2.05. The van der Waals surface area contributed by atoms with Crippen molar-refractivity contribution in [3.05, 3.63) is 21.6 Å². The van der Waals surface area contributed by atoms with E-state index < -0.39 is 0 Å². The number of rotatable bonds is 8. The molecule has 1 N–H and O–H groups in total. The maximum Gasteiger partial charge on any atom is 0.287 e. The van der Waals surface area contributed by atoms with E-state index in [0.29, 0.717) is 18.2 Å². The van der Waals surface area contributed by atoms with Crippen molar-refractivity contribution < 1.29 is 0 Å². The smallest absolute Gasteiger partial charge is 0.287 e. The first-order chi connectivity index (χ1) is 9.41. The van der Waals surface area contributed by atoms with E-state index in [1.54, 1.807) is 6.20 Å². The van der Waals surface area contributed by atoms with Crippen LogP contribution in [0.25, 0.3) is 0 Å². The molecule has 1 aromatic heterocycles. The van der Waals surface area contributed by atoms with Gasteiger partial charge in [0.15, 0.2) is 0 Å². The van der Waals surface area contributed by atoms with Crippen LogP contribution in [0, 0.1) is 5.92 Å². The Bertz CT molecular complexity index is 471. The molecule has 0 fully saturated rings. The van der Waals surface area contributed by atoms with Crippen LogP contribution in [0.2, 0.25) is 5.02 Å². The third-order valence-electron chi connectivity index (χ3n) is 2.87. The third-order valence-corrected chi connectivity index (χ3v) is 3.24. The van der Waals surface area contributed by atoms with E-state index in [0.717, 1.165) is 25.9 Å². The highest BCUT2D eigenvalue weighted by atomic mass is 35.5. The molecule has 0 aliphatic rings. The molecule has 0 spiro atoms. The first-order valence-electron chi connectivity index (χ1n) is 7.06. The number of hydrogen-bond acceptors (Lipinski definition) is 4. The Balaban J connectivity index is 2.55. The van der Waals surface area contributed by atoms with Gasteiger partial charge in [-0.3, -0.25) is 4.79 Å². The number of halogens is 1. The fraction of sp³-hybridized carbons (Fsp3) is 0.714. The molecule has 1 heterocycles. The average molecular weight is 301 g/mol. The van der Waals surface area contributed by atoms with Gasteiger partial charge in [0.05, 0.1) is 11.9 Å². The first-order valence-corrected chi connectivity index (χ1v) is 7.43. The zero-order chi connectivity index (χ0) is 15.1. The second-order valence-corrected chi connectivity index (χ2v) is 6.07. The van der Waals surface area contributed by atoms with Gasteiger partial charge in [0.2, 0.25) is 0 Å². The van der Waals surface area contributed by atoms with E-state index >= 15 is 0 Å². The van der Waals surface area contributed by atoms with Gasteiger partial charge in [0, 0.05) is 13.1 Å². The maximum absolute atomic E-state index is 12.0. The number of nitrogens with one attached hydrogen (secondary N) is 1. The number of anilines is 1. The van der Waals surface area contributed by atoms with Crippen molar-refractivity contribution in [1.29, 1.82) is 0 Å². The van der Waals surface area contributed by atoms with Crippen molar-refractivity contribution in [3.8, 4) is 0 Å². The summed E-state index contributed by atoms with van der Waals surface area (Å²) in [6.07, 6.45) is 3.77. The lowest BCUT2D eigenvalue weighted by Gasteiger charge is -2.12. The summed E-state index contributed by atoms with van der Waals surface area (Å²) in [7, 11) is 4.12. The monoisotopic (exact) mass is 300 g/mol. The Labute approximate surface area is 125 Å². The number of aromatic nitrogens is 2. The molecular weight excluding hydrogens is 276 g/mol. The quantitative estimate of drug-likeness (QED) is 0.749. The summed E-state index contributed by atoms with van der Waals surface area (Å²) in [6, 6.07) is 0. The zero-order valence-corrected chi connectivity index (χ0v) is 13.6. The van der Waals surface area contributed by atoms with Gasteiger partial charge in [-0.1, -0.05) is 25.4 Å². The molecule has 0 saturated carbocycles. The van der Waals surface area contributed by atoms with Gasteiger partial charge in [-0.15, -0.1) is 0 Å². The van der Waals surface area contributed by atoms with Crippen LogP contribution in [0.15, 0.2) is 11.0 Å². The van der Waals surface area contributed by atoms with Crippen molar-refractivity contribution >= 4 is 17.3 Å². The summed E-state index contributed by atoms with van der Waals surface area (Å²) in [5.74, 6) is 0.362. The van der Waals surface area contributed by atoms with E-state index in [9.17, 15) is 4.79 Å². The normalized spacial score (nSPS) is 11.3. The summed E-state index contributed by atoms with van der Waals surface area (Å²) in [5.41, 5.74) is 0.403. The number of unbranched alkanes of at least 4 members (excludes halogenated alkanes) is 1. The summed E-state index contributed by atoms with van der Waals surface area (Å²) in [6.45, 7) is 6.52. The SMILES string of the molecule is CC(C)Cn1ncc(NCCCCN(C)C)c(Cl)c1=O. The molecule has 0 unspecified atom stereocenters. The molecule has 0 aromatic carbocycles. The van der Waals surface area contributed by atoms with Gasteiger partial charge < -0.3 is 10.2 Å². The standard InChI is InChI=1S/C14H25ClN4O/c1-11(2)10-19-14(20)13(15)12(9-17-19)16-7-5-6-8-18(3)4/h9,11,16H,5-8,10H2,1-4H3. The van der Waals surface area contributed by atoms with Gasteiger partial charge in [-0.2, -0.15) is 5.10 Å². The minimum Gasteiger partial charge on any atom is -0.382 e. The van der Waals surface area contributed by atoms with Crippen LogP contribution in [0.5, 0.6) is 0 Å². The first kappa shape index (κ1) is 17.0. The topological polar surface area (TPSA) is 50.2 Å². The van der Waals surface area contributed by atoms with Gasteiger partial charge in [-0.25, -0.2) is 4.68 Å². The van der Waals surface area contributed by atoms with Crippen LogP contribution >= 0.6 is 11.6 Å². The molecule has 1 rings (SSSR count). The molecule has 0 saturated heterocycles. The van der Waals surface area contributed by atoms with E-state index in [4.69, 9.17) is 11.6 Å². The molecule has 0 bridgehead atoms. The minimum absolute atomic E-state index is 0.223. The largest absolute Gasteiger partial charge is 0.382 e. The molecule has 0 amide bonds. The molecular formula is C14H25ClN4O. The van der Waals surface area contributed by atoms with Crippen LogP contribution in [0.1, 0.15) is 26.7 Å². The lowest BCUT2D eigenvalue weighted by molar-refractivity contribution is 0.396. The van der Waals surface area contributed by atoms with E-state index in [-0.39, 0.29) is 10.6 Å². The van der Waals surface area contributed by atoms with Crippen LogP contribution in [-0.2, 0) is 6.54 Å². The predicted molar refractivity (Wildman–Crippen MR) is 84.6 cm³/mol. The predicted octanol–water partition coefficient (Wildman–Crippen LogP) is 2.31. The Morgan fingerprint density at radius 3 is 2.70 bits per heavy atom.